The van der Waals surface area contributed by atoms with E-state index in [1.807, 2.05) is 25.1 Å². The summed E-state index contributed by atoms with van der Waals surface area (Å²) in [6, 6.07) is 5.64. The zero-order valence-electron chi connectivity index (χ0n) is 11.8. The molecule has 0 aliphatic rings. The highest BCUT2D eigenvalue weighted by Crippen LogP contribution is 2.21. The van der Waals surface area contributed by atoms with Crippen molar-refractivity contribution >= 4 is 21.8 Å². The molecule has 0 radical (unpaired) electrons. The van der Waals surface area contributed by atoms with E-state index in [4.69, 9.17) is 5.11 Å². The van der Waals surface area contributed by atoms with Crippen LogP contribution in [0.3, 0.4) is 0 Å². The zero-order chi connectivity index (χ0) is 14.5. The Morgan fingerprint density at radius 2 is 2.11 bits per heavy atom. The van der Waals surface area contributed by atoms with Crippen LogP contribution in [0.25, 0.3) is 0 Å². The van der Waals surface area contributed by atoms with Gasteiger partial charge in [0, 0.05) is 23.2 Å². The fourth-order valence-corrected chi connectivity index (χ4v) is 2.42. The molecule has 4 heteroatoms. The fourth-order valence-electron chi connectivity index (χ4n) is 1.94. The Labute approximate surface area is 123 Å². The summed E-state index contributed by atoms with van der Waals surface area (Å²) in [5.74, 6) is -0.0397. The number of aliphatic hydroxyl groups excluding tert-OH is 1. The average Bonchev–Trinajstić information content (AvgIpc) is 2.34. The topological polar surface area (TPSA) is 49.3 Å². The van der Waals surface area contributed by atoms with Gasteiger partial charge in [-0.1, -0.05) is 29.8 Å². The molecule has 1 aromatic carbocycles. The summed E-state index contributed by atoms with van der Waals surface area (Å²) in [4.78, 5) is 12.1. The van der Waals surface area contributed by atoms with Crippen LogP contribution >= 0.6 is 15.9 Å². The van der Waals surface area contributed by atoms with E-state index in [-0.39, 0.29) is 17.9 Å². The van der Waals surface area contributed by atoms with Crippen molar-refractivity contribution in [1.82, 2.24) is 5.32 Å². The number of carbonyl (C=O) groups is 1. The molecule has 0 fully saturated rings. The second-order valence-corrected chi connectivity index (χ2v) is 6.55. The number of hydrogen-bond donors (Lipinski definition) is 2. The maximum atomic E-state index is 12.1. The van der Waals surface area contributed by atoms with Crippen LogP contribution in [0.2, 0.25) is 0 Å². The third-order valence-corrected chi connectivity index (χ3v) is 3.67. The molecule has 0 unspecified atom stereocenters. The smallest absolute Gasteiger partial charge is 0.251 e. The van der Waals surface area contributed by atoms with Gasteiger partial charge in [-0.15, -0.1) is 0 Å². The second-order valence-electron chi connectivity index (χ2n) is 5.63. The lowest BCUT2D eigenvalue weighted by atomic mass is 9.88. The van der Waals surface area contributed by atoms with Crippen LogP contribution in [-0.2, 0) is 0 Å². The Bertz CT molecular complexity index is 444. The summed E-state index contributed by atoms with van der Waals surface area (Å²) in [5.41, 5.74) is 1.67. The van der Waals surface area contributed by atoms with E-state index in [9.17, 15) is 4.79 Å². The first-order valence-electron chi connectivity index (χ1n) is 6.51. The van der Waals surface area contributed by atoms with Crippen LogP contribution in [-0.4, -0.2) is 24.2 Å². The molecule has 0 aliphatic heterocycles. The van der Waals surface area contributed by atoms with Crippen molar-refractivity contribution in [3.05, 3.63) is 33.8 Å². The molecule has 0 saturated carbocycles. The van der Waals surface area contributed by atoms with E-state index < -0.39 is 0 Å². The van der Waals surface area contributed by atoms with Crippen molar-refractivity contribution in [2.75, 3.05) is 13.2 Å². The van der Waals surface area contributed by atoms with Gasteiger partial charge in [-0.3, -0.25) is 4.79 Å². The standard InChI is InChI=1S/C15H22BrNO2/c1-11-9-12(16)5-6-13(11)14(19)17-10-15(2,3)7-4-8-18/h5-6,9,18H,4,7-8,10H2,1-3H3,(H,17,19). The molecular weight excluding hydrogens is 306 g/mol. The van der Waals surface area contributed by atoms with Gasteiger partial charge in [-0.2, -0.15) is 0 Å². The number of amides is 1. The summed E-state index contributed by atoms with van der Waals surface area (Å²) in [5, 5.41) is 11.8. The third-order valence-electron chi connectivity index (χ3n) is 3.17. The van der Waals surface area contributed by atoms with Gasteiger partial charge in [0.1, 0.15) is 0 Å². The number of nitrogens with one attached hydrogen (secondary N) is 1. The van der Waals surface area contributed by atoms with Crippen molar-refractivity contribution in [2.45, 2.75) is 33.6 Å². The number of aryl methyl sites for hydroxylation is 1. The minimum Gasteiger partial charge on any atom is -0.396 e. The van der Waals surface area contributed by atoms with E-state index in [0.717, 1.165) is 22.9 Å². The van der Waals surface area contributed by atoms with Crippen LogP contribution < -0.4 is 5.32 Å². The molecule has 0 spiro atoms. The lowest BCUT2D eigenvalue weighted by Gasteiger charge is -2.24. The van der Waals surface area contributed by atoms with Gasteiger partial charge in [0.15, 0.2) is 0 Å². The Kier molecular flexibility index (Phi) is 6.01. The van der Waals surface area contributed by atoms with E-state index in [1.54, 1.807) is 0 Å². The summed E-state index contributed by atoms with van der Waals surface area (Å²) in [7, 11) is 0. The van der Waals surface area contributed by atoms with E-state index in [0.29, 0.717) is 12.1 Å². The molecule has 106 valence electrons. The van der Waals surface area contributed by atoms with Crippen LogP contribution in [0.5, 0.6) is 0 Å². The molecule has 1 amide bonds. The number of halogens is 1. The predicted octanol–water partition coefficient (Wildman–Crippen LogP) is 3.29. The van der Waals surface area contributed by atoms with Gasteiger partial charge in [-0.25, -0.2) is 0 Å². The highest BCUT2D eigenvalue weighted by Gasteiger charge is 2.19. The van der Waals surface area contributed by atoms with Crippen LogP contribution in [0.4, 0.5) is 0 Å². The first kappa shape index (κ1) is 16.2. The maximum absolute atomic E-state index is 12.1. The minimum atomic E-state index is -0.0397. The molecule has 3 nitrogen and oxygen atoms in total. The zero-order valence-corrected chi connectivity index (χ0v) is 13.4. The molecule has 0 aliphatic carbocycles. The fraction of sp³-hybridized carbons (Fsp3) is 0.533. The molecule has 2 N–H and O–H groups in total. The molecule has 19 heavy (non-hydrogen) atoms. The largest absolute Gasteiger partial charge is 0.396 e. The van der Waals surface area contributed by atoms with Crippen molar-refractivity contribution in [3.8, 4) is 0 Å². The lowest BCUT2D eigenvalue weighted by Crippen LogP contribution is -2.34. The normalized spacial score (nSPS) is 11.4. The van der Waals surface area contributed by atoms with Gasteiger partial charge in [-0.05, 0) is 48.9 Å². The Morgan fingerprint density at radius 3 is 2.68 bits per heavy atom. The van der Waals surface area contributed by atoms with E-state index in [2.05, 4.69) is 35.1 Å². The molecular formula is C15H22BrNO2. The highest BCUT2D eigenvalue weighted by molar-refractivity contribution is 9.10. The molecule has 0 heterocycles. The summed E-state index contributed by atoms with van der Waals surface area (Å²) in [6.45, 7) is 6.93. The van der Waals surface area contributed by atoms with Gasteiger partial charge < -0.3 is 10.4 Å². The van der Waals surface area contributed by atoms with Gasteiger partial charge in [0.2, 0.25) is 0 Å². The Balaban J connectivity index is 2.60. The molecule has 0 atom stereocenters. The summed E-state index contributed by atoms with van der Waals surface area (Å²) in [6.07, 6.45) is 1.66. The van der Waals surface area contributed by atoms with Crippen molar-refractivity contribution in [3.63, 3.8) is 0 Å². The van der Waals surface area contributed by atoms with E-state index in [1.165, 1.54) is 0 Å². The molecule has 0 aromatic heterocycles. The number of aliphatic hydroxyl groups is 1. The quantitative estimate of drug-likeness (QED) is 0.842. The minimum absolute atomic E-state index is 0.00165. The molecule has 0 bridgehead atoms. The van der Waals surface area contributed by atoms with Crippen molar-refractivity contribution in [1.29, 1.82) is 0 Å². The number of carbonyl (C=O) groups excluding carboxylic acids is 1. The van der Waals surface area contributed by atoms with Crippen LogP contribution in [0.15, 0.2) is 22.7 Å². The number of benzene rings is 1. The van der Waals surface area contributed by atoms with Crippen molar-refractivity contribution in [2.24, 2.45) is 5.41 Å². The molecule has 1 aromatic rings. The van der Waals surface area contributed by atoms with Gasteiger partial charge in [0.25, 0.3) is 5.91 Å². The Hall–Kier alpha value is -0.870. The van der Waals surface area contributed by atoms with Gasteiger partial charge in [0.05, 0.1) is 0 Å². The second kappa shape index (κ2) is 7.06. The van der Waals surface area contributed by atoms with Gasteiger partial charge >= 0.3 is 0 Å². The summed E-state index contributed by atoms with van der Waals surface area (Å²) < 4.78 is 0.977. The lowest BCUT2D eigenvalue weighted by molar-refractivity contribution is 0.0932. The SMILES string of the molecule is Cc1cc(Br)ccc1C(=O)NCC(C)(C)CCCO. The Morgan fingerprint density at radius 1 is 1.42 bits per heavy atom. The predicted molar refractivity (Wildman–Crippen MR) is 81.3 cm³/mol. The molecule has 0 saturated heterocycles. The van der Waals surface area contributed by atoms with Crippen LogP contribution in [0, 0.1) is 12.3 Å². The highest BCUT2D eigenvalue weighted by atomic mass is 79.9. The maximum Gasteiger partial charge on any atom is 0.251 e. The summed E-state index contributed by atoms with van der Waals surface area (Å²) >= 11 is 3.39. The van der Waals surface area contributed by atoms with Crippen LogP contribution in [0.1, 0.15) is 42.6 Å². The van der Waals surface area contributed by atoms with Crippen molar-refractivity contribution < 1.29 is 9.90 Å². The monoisotopic (exact) mass is 327 g/mol. The third kappa shape index (κ3) is 5.33. The first-order valence-corrected chi connectivity index (χ1v) is 7.30. The van der Waals surface area contributed by atoms with E-state index >= 15 is 0 Å². The first-order chi connectivity index (χ1) is 8.85. The molecule has 1 rings (SSSR count). The average molecular weight is 328 g/mol. The number of rotatable bonds is 6. The number of hydrogen-bond acceptors (Lipinski definition) is 2.